The highest BCUT2D eigenvalue weighted by atomic mass is 35.5. The van der Waals surface area contributed by atoms with Gasteiger partial charge >= 0.3 is 0 Å². The number of piperidine rings is 1. The molecule has 1 aliphatic rings. The summed E-state index contributed by atoms with van der Waals surface area (Å²) in [5.74, 6) is 0.563. The fraction of sp³-hybridized carbons (Fsp3) is 0.261. The summed E-state index contributed by atoms with van der Waals surface area (Å²) in [5, 5.41) is 8.51. The second kappa shape index (κ2) is 8.55. The van der Waals surface area contributed by atoms with Gasteiger partial charge in [0, 0.05) is 28.7 Å². The Kier molecular flexibility index (Phi) is 5.71. The predicted octanol–water partition coefficient (Wildman–Crippen LogP) is 5.62. The lowest BCUT2D eigenvalue weighted by atomic mass is 9.93. The molecule has 2 heterocycles. The first kappa shape index (κ1) is 18.0. The van der Waals surface area contributed by atoms with E-state index in [4.69, 9.17) is 11.6 Å². The minimum absolute atomic E-state index is 0.563. The van der Waals surface area contributed by atoms with Crippen molar-refractivity contribution in [2.45, 2.75) is 18.8 Å². The van der Waals surface area contributed by atoms with Gasteiger partial charge in [0.25, 0.3) is 0 Å². The van der Waals surface area contributed by atoms with Gasteiger partial charge in [0.05, 0.1) is 5.69 Å². The predicted molar refractivity (Wildman–Crippen MR) is 113 cm³/mol. The number of hydrogen-bond acceptors (Lipinski definition) is 2. The number of benzene rings is 2. The summed E-state index contributed by atoms with van der Waals surface area (Å²) < 4.78 is 0. The lowest BCUT2D eigenvalue weighted by Gasteiger charge is -2.30. The third-order valence-electron chi connectivity index (χ3n) is 5.24. The molecule has 138 valence electrons. The van der Waals surface area contributed by atoms with Crippen molar-refractivity contribution in [3.8, 4) is 11.3 Å². The monoisotopic (exact) mass is 377 g/mol. The SMILES string of the molecule is Clc1ccc(-c2cc(C3CCN(CC=Cc4ccccc4)CC3)[nH]n2)cc1. The maximum atomic E-state index is 5.97. The molecule has 0 aliphatic carbocycles. The molecule has 0 radical (unpaired) electrons. The molecule has 0 atom stereocenters. The molecule has 4 heteroatoms. The van der Waals surface area contributed by atoms with Gasteiger partial charge in [0.15, 0.2) is 0 Å². The minimum atomic E-state index is 0.563. The van der Waals surface area contributed by atoms with Gasteiger partial charge in [-0.25, -0.2) is 0 Å². The number of nitrogens with one attached hydrogen (secondary N) is 1. The van der Waals surface area contributed by atoms with E-state index >= 15 is 0 Å². The average Bonchev–Trinajstić information content (AvgIpc) is 3.20. The molecule has 1 fully saturated rings. The minimum Gasteiger partial charge on any atom is -0.300 e. The second-order valence-electron chi connectivity index (χ2n) is 7.10. The fourth-order valence-electron chi connectivity index (χ4n) is 3.64. The van der Waals surface area contributed by atoms with Crippen LogP contribution in [-0.2, 0) is 0 Å². The summed E-state index contributed by atoms with van der Waals surface area (Å²) in [6.07, 6.45) is 6.81. The fourth-order valence-corrected chi connectivity index (χ4v) is 3.77. The lowest BCUT2D eigenvalue weighted by Crippen LogP contribution is -2.33. The Bertz CT molecular complexity index is 876. The smallest absolute Gasteiger partial charge is 0.0923 e. The number of aromatic amines is 1. The van der Waals surface area contributed by atoms with E-state index in [1.54, 1.807) is 0 Å². The van der Waals surface area contributed by atoms with Gasteiger partial charge in [-0.1, -0.05) is 66.2 Å². The molecular weight excluding hydrogens is 354 g/mol. The first-order chi connectivity index (χ1) is 13.3. The molecule has 0 bridgehead atoms. The normalized spacial score (nSPS) is 16.2. The third kappa shape index (κ3) is 4.68. The number of halogens is 1. The molecule has 27 heavy (non-hydrogen) atoms. The van der Waals surface area contributed by atoms with Crippen LogP contribution < -0.4 is 0 Å². The maximum Gasteiger partial charge on any atom is 0.0923 e. The Labute approximate surface area is 165 Å². The Hall–Kier alpha value is -2.36. The Morgan fingerprint density at radius 2 is 1.78 bits per heavy atom. The quantitative estimate of drug-likeness (QED) is 0.625. The maximum absolute atomic E-state index is 5.97. The Balaban J connectivity index is 1.30. The van der Waals surface area contributed by atoms with Crippen LogP contribution in [-0.4, -0.2) is 34.7 Å². The van der Waals surface area contributed by atoms with Gasteiger partial charge in [0.2, 0.25) is 0 Å². The molecule has 3 aromatic rings. The molecule has 0 unspecified atom stereocenters. The van der Waals surface area contributed by atoms with E-state index in [0.29, 0.717) is 5.92 Å². The lowest BCUT2D eigenvalue weighted by molar-refractivity contribution is 0.231. The number of H-pyrrole nitrogens is 1. The van der Waals surface area contributed by atoms with Crippen LogP contribution in [0.1, 0.15) is 30.0 Å². The van der Waals surface area contributed by atoms with Gasteiger partial charge in [-0.3, -0.25) is 10.00 Å². The van der Waals surface area contributed by atoms with Gasteiger partial charge in [-0.15, -0.1) is 0 Å². The highest BCUT2D eigenvalue weighted by Gasteiger charge is 2.21. The van der Waals surface area contributed by atoms with E-state index in [0.717, 1.165) is 35.9 Å². The molecule has 4 rings (SSSR count). The molecule has 1 aliphatic heterocycles. The van der Waals surface area contributed by atoms with Crippen molar-refractivity contribution >= 4 is 17.7 Å². The second-order valence-corrected chi connectivity index (χ2v) is 7.54. The van der Waals surface area contributed by atoms with E-state index in [2.05, 4.69) is 63.6 Å². The van der Waals surface area contributed by atoms with Crippen molar-refractivity contribution in [2.75, 3.05) is 19.6 Å². The summed E-state index contributed by atoms with van der Waals surface area (Å²) in [6, 6.07) is 20.5. The molecule has 3 nitrogen and oxygen atoms in total. The standard InChI is InChI=1S/C23H24ClN3/c24-21-10-8-19(9-11-21)22-17-23(26-25-22)20-12-15-27(16-13-20)14-4-7-18-5-2-1-3-6-18/h1-11,17,20H,12-16H2,(H,25,26). The van der Waals surface area contributed by atoms with Crippen LogP contribution in [0.4, 0.5) is 0 Å². The van der Waals surface area contributed by atoms with Crippen molar-refractivity contribution < 1.29 is 0 Å². The molecule has 2 aromatic carbocycles. The van der Waals surface area contributed by atoms with Crippen LogP contribution in [0, 0.1) is 0 Å². The summed E-state index contributed by atoms with van der Waals surface area (Å²) in [6.45, 7) is 3.26. The van der Waals surface area contributed by atoms with Crippen LogP contribution in [0.25, 0.3) is 17.3 Å². The van der Waals surface area contributed by atoms with Crippen LogP contribution in [0.2, 0.25) is 5.02 Å². The van der Waals surface area contributed by atoms with Gasteiger partial charge in [-0.05, 0) is 49.7 Å². The molecule has 0 saturated carbocycles. The van der Waals surface area contributed by atoms with Crippen LogP contribution in [0.15, 0.2) is 66.7 Å². The number of nitrogens with zero attached hydrogens (tertiary/aromatic N) is 2. The van der Waals surface area contributed by atoms with Crippen molar-refractivity contribution in [1.29, 1.82) is 0 Å². The third-order valence-corrected chi connectivity index (χ3v) is 5.49. The summed E-state index contributed by atoms with van der Waals surface area (Å²) in [4.78, 5) is 2.52. The van der Waals surface area contributed by atoms with Gasteiger partial charge < -0.3 is 0 Å². The molecule has 1 saturated heterocycles. The largest absolute Gasteiger partial charge is 0.300 e. The van der Waals surface area contributed by atoms with E-state index in [1.165, 1.54) is 24.1 Å². The number of rotatable bonds is 5. The Morgan fingerprint density at radius 1 is 1.04 bits per heavy atom. The average molecular weight is 378 g/mol. The van der Waals surface area contributed by atoms with Crippen molar-refractivity contribution in [1.82, 2.24) is 15.1 Å². The number of likely N-dealkylation sites (tertiary alicyclic amines) is 1. The topological polar surface area (TPSA) is 31.9 Å². The van der Waals surface area contributed by atoms with Crippen molar-refractivity contribution in [2.24, 2.45) is 0 Å². The highest BCUT2D eigenvalue weighted by molar-refractivity contribution is 6.30. The van der Waals surface area contributed by atoms with Crippen molar-refractivity contribution in [3.63, 3.8) is 0 Å². The first-order valence-corrected chi connectivity index (χ1v) is 9.91. The zero-order chi connectivity index (χ0) is 18.5. The van der Waals surface area contributed by atoms with E-state index < -0.39 is 0 Å². The summed E-state index contributed by atoms with van der Waals surface area (Å²) in [7, 11) is 0. The van der Waals surface area contributed by atoms with E-state index in [1.807, 2.05) is 24.3 Å². The highest BCUT2D eigenvalue weighted by Crippen LogP contribution is 2.29. The summed E-state index contributed by atoms with van der Waals surface area (Å²) in [5.41, 5.74) is 4.61. The number of aromatic nitrogens is 2. The van der Waals surface area contributed by atoms with Crippen LogP contribution in [0.3, 0.4) is 0 Å². The van der Waals surface area contributed by atoms with Gasteiger partial charge in [0.1, 0.15) is 0 Å². The Morgan fingerprint density at radius 3 is 2.52 bits per heavy atom. The molecule has 0 amide bonds. The van der Waals surface area contributed by atoms with Gasteiger partial charge in [-0.2, -0.15) is 5.10 Å². The van der Waals surface area contributed by atoms with E-state index in [-0.39, 0.29) is 0 Å². The zero-order valence-corrected chi connectivity index (χ0v) is 16.1. The molecule has 0 spiro atoms. The molecular formula is C23H24ClN3. The molecule has 1 aromatic heterocycles. The summed E-state index contributed by atoms with van der Waals surface area (Å²) >= 11 is 5.97. The van der Waals surface area contributed by atoms with Crippen molar-refractivity contribution in [3.05, 3.63) is 83.0 Å². The van der Waals surface area contributed by atoms with Crippen LogP contribution in [0.5, 0.6) is 0 Å². The first-order valence-electron chi connectivity index (χ1n) is 9.53. The molecule has 1 N–H and O–H groups in total. The van der Waals surface area contributed by atoms with E-state index in [9.17, 15) is 0 Å². The zero-order valence-electron chi connectivity index (χ0n) is 15.3. The van der Waals surface area contributed by atoms with Crippen LogP contribution >= 0.6 is 11.6 Å². The number of hydrogen-bond donors (Lipinski definition) is 1.